The number of aromatic nitrogens is 1. The van der Waals surface area contributed by atoms with E-state index in [0.29, 0.717) is 18.8 Å². The third-order valence-electron chi connectivity index (χ3n) is 6.10. The van der Waals surface area contributed by atoms with Crippen molar-refractivity contribution < 1.29 is 18.7 Å². The molecule has 3 aromatic rings. The summed E-state index contributed by atoms with van der Waals surface area (Å²) in [5.74, 6) is -0.577. The quantitative estimate of drug-likeness (QED) is 0.138. The van der Waals surface area contributed by atoms with E-state index in [0.717, 1.165) is 18.4 Å². The van der Waals surface area contributed by atoms with E-state index < -0.39 is 17.3 Å². The van der Waals surface area contributed by atoms with Gasteiger partial charge in [0.2, 0.25) is 0 Å². The Hall–Kier alpha value is -3.25. The van der Waals surface area contributed by atoms with Crippen LogP contribution in [0.2, 0.25) is 5.02 Å². The molecular weight excluding hydrogens is 569 g/mol. The molecule has 0 saturated heterocycles. The molecule has 1 heterocycles. The van der Waals surface area contributed by atoms with Gasteiger partial charge in [0, 0.05) is 38.9 Å². The highest BCUT2D eigenvalue weighted by molar-refractivity contribution is 7.98. The van der Waals surface area contributed by atoms with Crippen LogP contribution >= 0.6 is 23.7 Å². The van der Waals surface area contributed by atoms with E-state index in [1.165, 1.54) is 29.8 Å². The fraction of sp³-hybridized carbons (Fsp3) is 0.379. The lowest BCUT2D eigenvalue weighted by atomic mass is 10.1. The Labute approximate surface area is 249 Å². The summed E-state index contributed by atoms with van der Waals surface area (Å²) in [6.45, 7) is 8.51. The van der Waals surface area contributed by atoms with Gasteiger partial charge in [-0.2, -0.15) is 0 Å². The molecule has 9 nitrogen and oxygen atoms in total. The topological polar surface area (TPSA) is 106 Å². The number of nitrogens with zero attached hydrogens (tertiary/aromatic N) is 1. The summed E-state index contributed by atoms with van der Waals surface area (Å²) in [5, 5.41) is 6.17. The molecule has 12 heteroatoms. The third kappa shape index (κ3) is 8.16. The average molecular weight is 606 g/mol. The molecule has 0 spiro atoms. The smallest absolute Gasteiger partial charge is 0.259 e. The molecule has 1 fully saturated rings. The lowest BCUT2D eigenvalue weighted by Gasteiger charge is -2.22. The van der Waals surface area contributed by atoms with Crippen molar-refractivity contribution in [2.24, 2.45) is 7.05 Å². The van der Waals surface area contributed by atoms with Crippen molar-refractivity contribution in [2.45, 2.75) is 46.6 Å². The minimum absolute atomic E-state index is 0.0330. The summed E-state index contributed by atoms with van der Waals surface area (Å²) >= 11 is 7.88. The van der Waals surface area contributed by atoms with Crippen molar-refractivity contribution in [3.63, 3.8) is 0 Å². The molecule has 222 valence electrons. The summed E-state index contributed by atoms with van der Waals surface area (Å²) in [6.07, 6.45) is 1.72. The first kappa shape index (κ1) is 32.3. The predicted molar refractivity (Wildman–Crippen MR) is 165 cm³/mol. The first-order valence-corrected chi connectivity index (χ1v) is 14.6. The third-order valence-corrected chi connectivity index (χ3v) is 7.16. The molecule has 1 aromatic heterocycles. The maximum Gasteiger partial charge on any atom is 0.259 e. The lowest BCUT2D eigenvalue weighted by Crippen LogP contribution is -2.31. The molecule has 0 bridgehead atoms. The van der Waals surface area contributed by atoms with Gasteiger partial charge < -0.3 is 24.8 Å². The summed E-state index contributed by atoms with van der Waals surface area (Å²) in [4.78, 5) is 26.8. The SMILES string of the molecule is CC.COCCNSNc1cccc(Oc2c(C(=O)NC3CC3)c(Nc3ccc(C)cc3F)n(C)c(=O)c2C)c1Cl. The summed E-state index contributed by atoms with van der Waals surface area (Å²) < 4.78 is 33.5. The number of hydrogen-bond donors (Lipinski definition) is 4. The van der Waals surface area contributed by atoms with Crippen molar-refractivity contribution >= 4 is 46.8 Å². The number of anilines is 3. The van der Waals surface area contributed by atoms with E-state index in [1.54, 1.807) is 51.3 Å². The van der Waals surface area contributed by atoms with Gasteiger partial charge in [0.15, 0.2) is 5.75 Å². The van der Waals surface area contributed by atoms with Gasteiger partial charge in [-0.05, 0) is 56.5 Å². The molecule has 1 amide bonds. The number of aryl methyl sites for hydroxylation is 1. The minimum Gasteiger partial charge on any atom is -0.454 e. The number of nitrogens with one attached hydrogen (secondary N) is 4. The van der Waals surface area contributed by atoms with Crippen molar-refractivity contribution in [1.29, 1.82) is 0 Å². The zero-order valence-electron chi connectivity index (χ0n) is 24.1. The molecule has 2 aromatic carbocycles. The second-order valence-electron chi connectivity index (χ2n) is 9.21. The zero-order valence-corrected chi connectivity index (χ0v) is 25.7. The normalized spacial score (nSPS) is 12.3. The van der Waals surface area contributed by atoms with Crippen LogP contribution in [0.3, 0.4) is 0 Å². The molecule has 0 unspecified atom stereocenters. The summed E-state index contributed by atoms with van der Waals surface area (Å²) in [7, 11) is 3.14. The van der Waals surface area contributed by atoms with Gasteiger partial charge >= 0.3 is 0 Å². The van der Waals surface area contributed by atoms with E-state index in [4.69, 9.17) is 21.1 Å². The number of halogens is 2. The van der Waals surface area contributed by atoms with Crippen LogP contribution < -0.4 is 30.4 Å². The van der Waals surface area contributed by atoms with Crippen LogP contribution in [-0.4, -0.2) is 36.8 Å². The molecule has 4 rings (SSSR count). The molecular formula is C29H37ClFN5O4S. The Morgan fingerprint density at radius 3 is 2.56 bits per heavy atom. The van der Waals surface area contributed by atoms with E-state index in [9.17, 15) is 14.0 Å². The molecule has 1 aliphatic carbocycles. The van der Waals surface area contributed by atoms with Crippen molar-refractivity contribution in [2.75, 3.05) is 30.3 Å². The van der Waals surface area contributed by atoms with Gasteiger partial charge in [-0.25, -0.2) is 9.11 Å². The van der Waals surface area contributed by atoms with E-state index >= 15 is 0 Å². The van der Waals surface area contributed by atoms with Gasteiger partial charge in [0.25, 0.3) is 11.5 Å². The van der Waals surface area contributed by atoms with E-state index in [1.807, 2.05) is 13.8 Å². The zero-order chi connectivity index (χ0) is 30.1. The molecule has 0 radical (unpaired) electrons. The first-order chi connectivity index (χ1) is 19.7. The van der Waals surface area contributed by atoms with Crippen LogP contribution in [0.5, 0.6) is 11.5 Å². The van der Waals surface area contributed by atoms with E-state index in [2.05, 4.69) is 20.1 Å². The highest BCUT2D eigenvalue weighted by atomic mass is 35.5. The highest BCUT2D eigenvalue weighted by Gasteiger charge is 2.31. The first-order valence-electron chi connectivity index (χ1n) is 13.4. The Morgan fingerprint density at radius 1 is 1.17 bits per heavy atom. The molecule has 4 N–H and O–H groups in total. The number of carbonyl (C=O) groups excluding carboxylic acids is 1. The number of ether oxygens (including phenoxy) is 2. The number of hydrogen-bond acceptors (Lipinski definition) is 8. The van der Waals surface area contributed by atoms with Gasteiger partial charge in [-0.15, -0.1) is 0 Å². The van der Waals surface area contributed by atoms with Crippen LogP contribution in [0.4, 0.5) is 21.6 Å². The summed E-state index contributed by atoms with van der Waals surface area (Å²) in [5.41, 5.74) is 1.29. The fourth-order valence-corrected chi connectivity index (χ4v) is 4.60. The maximum atomic E-state index is 14.8. The maximum absolute atomic E-state index is 14.8. The number of rotatable bonds is 12. The largest absolute Gasteiger partial charge is 0.454 e. The number of amides is 1. The van der Waals surface area contributed by atoms with Crippen LogP contribution in [0, 0.1) is 19.7 Å². The van der Waals surface area contributed by atoms with Crippen LogP contribution in [-0.2, 0) is 11.8 Å². The van der Waals surface area contributed by atoms with Crippen molar-refractivity contribution in [3.05, 3.63) is 74.3 Å². The molecule has 1 saturated carbocycles. The van der Waals surface area contributed by atoms with E-state index in [-0.39, 0.29) is 45.2 Å². The van der Waals surface area contributed by atoms with Crippen LogP contribution in [0.25, 0.3) is 0 Å². The monoisotopic (exact) mass is 605 g/mol. The molecule has 41 heavy (non-hydrogen) atoms. The Bertz CT molecular complexity index is 1430. The van der Waals surface area contributed by atoms with Gasteiger partial charge in [0.05, 0.1) is 23.5 Å². The molecule has 0 atom stereocenters. The number of benzene rings is 2. The highest BCUT2D eigenvalue weighted by Crippen LogP contribution is 2.40. The van der Waals surface area contributed by atoms with Crippen LogP contribution in [0.15, 0.2) is 41.2 Å². The predicted octanol–water partition coefficient (Wildman–Crippen LogP) is 6.46. The van der Waals surface area contributed by atoms with Gasteiger partial charge in [-0.1, -0.05) is 37.6 Å². The number of pyridine rings is 1. The lowest BCUT2D eigenvalue weighted by molar-refractivity contribution is 0.0948. The Kier molecular flexibility index (Phi) is 11.9. The second kappa shape index (κ2) is 15.1. The molecule has 1 aliphatic rings. The number of carbonyl (C=O) groups is 1. The Balaban J connectivity index is 0.00000226. The summed E-state index contributed by atoms with van der Waals surface area (Å²) in [6, 6.07) is 9.84. The van der Waals surface area contributed by atoms with Crippen molar-refractivity contribution in [1.82, 2.24) is 14.6 Å². The number of methoxy groups -OCH3 is 1. The van der Waals surface area contributed by atoms with Crippen molar-refractivity contribution in [3.8, 4) is 11.5 Å². The van der Waals surface area contributed by atoms with Gasteiger partial charge in [0.1, 0.15) is 28.0 Å². The second-order valence-corrected chi connectivity index (χ2v) is 10.3. The minimum atomic E-state index is -0.516. The van der Waals surface area contributed by atoms with Gasteiger partial charge in [-0.3, -0.25) is 14.2 Å². The fourth-order valence-electron chi connectivity index (χ4n) is 3.80. The van der Waals surface area contributed by atoms with Crippen LogP contribution in [0.1, 0.15) is 48.2 Å². The standard InChI is InChI=1S/C27H31ClFN5O4S.C2H6/c1-15-8-11-19(18(29)14-15)32-25-22(26(35)31-17-9-10-17)24(16(2)27(36)34(25)3)38-21-7-5-6-20(23(21)28)33-39-30-12-13-37-4;1-2/h5-8,11,14,17,30,32-33H,9-10,12-13H2,1-4H3,(H,31,35);1-2H3. The Morgan fingerprint density at radius 2 is 1.90 bits per heavy atom. The molecule has 0 aliphatic heterocycles. The average Bonchev–Trinajstić information content (AvgIpc) is 3.78.